The highest BCUT2D eigenvalue weighted by Crippen LogP contribution is 2.35. The van der Waals surface area contributed by atoms with Crippen LogP contribution < -0.4 is 5.32 Å². The first kappa shape index (κ1) is 13.0. The van der Waals surface area contributed by atoms with Gasteiger partial charge < -0.3 is 10.1 Å². The van der Waals surface area contributed by atoms with Crippen molar-refractivity contribution in [3.05, 3.63) is 0 Å². The standard InChI is InChI=1S/C12H21NO3/c1-4-9-6-10(13-8(3)14)7-11(9)12(15)16-5-2/h9-11H,4-7H2,1-3H3,(H,13,14)/t9-,10+,11+/m1/s1. The predicted molar refractivity (Wildman–Crippen MR) is 60.7 cm³/mol. The molecule has 0 aromatic carbocycles. The van der Waals surface area contributed by atoms with Crippen molar-refractivity contribution in [2.45, 2.75) is 46.1 Å². The van der Waals surface area contributed by atoms with E-state index in [0.29, 0.717) is 12.5 Å². The molecule has 0 heterocycles. The third-order valence-electron chi connectivity index (χ3n) is 3.22. The van der Waals surface area contributed by atoms with Crippen LogP contribution >= 0.6 is 0 Å². The number of amides is 1. The molecular weight excluding hydrogens is 206 g/mol. The van der Waals surface area contributed by atoms with Gasteiger partial charge in [-0.15, -0.1) is 0 Å². The van der Waals surface area contributed by atoms with Crippen molar-refractivity contribution in [3.8, 4) is 0 Å². The first-order valence-electron chi connectivity index (χ1n) is 6.02. The fraction of sp³-hybridized carbons (Fsp3) is 0.833. The second-order valence-corrected chi connectivity index (χ2v) is 4.40. The van der Waals surface area contributed by atoms with E-state index in [9.17, 15) is 9.59 Å². The van der Waals surface area contributed by atoms with Gasteiger partial charge in [0.2, 0.25) is 5.91 Å². The van der Waals surface area contributed by atoms with Crippen LogP contribution in [-0.4, -0.2) is 24.5 Å². The Kier molecular flexibility index (Phi) is 4.77. The molecule has 3 atom stereocenters. The van der Waals surface area contributed by atoms with Crippen LogP contribution in [0, 0.1) is 11.8 Å². The number of rotatable bonds is 4. The fourth-order valence-corrected chi connectivity index (χ4v) is 2.52. The van der Waals surface area contributed by atoms with Gasteiger partial charge >= 0.3 is 5.97 Å². The highest BCUT2D eigenvalue weighted by atomic mass is 16.5. The van der Waals surface area contributed by atoms with Gasteiger partial charge in [0.05, 0.1) is 12.5 Å². The van der Waals surface area contributed by atoms with E-state index in [0.717, 1.165) is 19.3 Å². The summed E-state index contributed by atoms with van der Waals surface area (Å²) in [6, 6.07) is 0.136. The number of ether oxygens (including phenoxy) is 1. The Morgan fingerprint density at radius 1 is 1.31 bits per heavy atom. The number of carbonyl (C=O) groups is 2. The van der Waals surface area contributed by atoms with Crippen molar-refractivity contribution in [2.75, 3.05) is 6.61 Å². The monoisotopic (exact) mass is 227 g/mol. The molecule has 0 unspecified atom stereocenters. The summed E-state index contributed by atoms with van der Waals surface area (Å²) in [5, 5.41) is 2.89. The molecule has 1 fully saturated rings. The topological polar surface area (TPSA) is 55.4 Å². The van der Waals surface area contributed by atoms with E-state index < -0.39 is 0 Å². The van der Waals surface area contributed by atoms with Crippen molar-refractivity contribution in [1.82, 2.24) is 5.32 Å². The summed E-state index contributed by atoms with van der Waals surface area (Å²) in [5.74, 6) is 0.171. The number of carbonyl (C=O) groups excluding carboxylic acids is 2. The average Bonchev–Trinajstić information content (AvgIpc) is 2.60. The van der Waals surface area contributed by atoms with Gasteiger partial charge in [-0.2, -0.15) is 0 Å². The molecule has 1 amide bonds. The summed E-state index contributed by atoms with van der Waals surface area (Å²) in [4.78, 5) is 22.7. The minimum absolute atomic E-state index is 0.0237. The summed E-state index contributed by atoms with van der Waals surface area (Å²) >= 11 is 0. The van der Waals surface area contributed by atoms with Crippen LogP contribution in [0.4, 0.5) is 0 Å². The smallest absolute Gasteiger partial charge is 0.309 e. The molecule has 1 rings (SSSR count). The minimum Gasteiger partial charge on any atom is -0.466 e. The third kappa shape index (κ3) is 3.22. The summed E-state index contributed by atoms with van der Waals surface area (Å²) < 4.78 is 5.06. The van der Waals surface area contributed by atoms with Crippen LogP contribution in [0.25, 0.3) is 0 Å². The molecule has 0 saturated heterocycles. The largest absolute Gasteiger partial charge is 0.466 e. The van der Waals surface area contributed by atoms with Gasteiger partial charge in [0.1, 0.15) is 0 Å². The van der Waals surface area contributed by atoms with Gasteiger partial charge in [0, 0.05) is 13.0 Å². The second kappa shape index (κ2) is 5.87. The van der Waals surface area contributed by atoms with Gasteiger partial charge in [-0.3, -0.25) is 9.59 Å². The molecule has 1 aliphatic rings. The molecule has 0 radical (unpaired) electrons. The maximum absolute atomic E-state index is 11.7. The fourth-order valence-electron chi connectivity index (χ4n) is 2.52. The Morgan fingerprint density at radius 3 is 2.50 bits per heavy atom. The van der Waals surface area contributed by atoms with Crippen LogP contribution in [0.3, 0.4) is 0 Å². The Bertz CT molecular complexity index is 265. The molecule has 0 aromatic rings. The lowest BCUT2D eigenvalue weighted by Crippen LogP contribution is -2.31. The van der Waals surface area contributed by atoms with Gasteiger partial charge in [0.15, 0.2) is 0 Å². The first-order chi connectivity index (χ1) is 7.58. The second-order valence-electron chi connectivity index (χ2n) is 4.40. The average molecular weight is 227 g/mol. The minimum atomic E-state index is -0.109. The van der Waals surface area contributed by atoms with Gasteiger partial charge in [-0.1, -0.05) is 13.3 Å². The maximum Gasteiger partial charge on any atom is 0.309 e. The van der Waals surface area contributed by atoms with E-state index in [-0.39, 0.29) is 23.8 Å². The van der Waals surface area contributed by atoms with E-state index in [1.54, 1.807) is 0 Å². The molecule has 16 heavy (non-hydrogen) atoms. The van der Waals surface area contributed by atoms with E-state index in [1.807, 2.05) is 6.92 Å². The highest BCUT2D eigenvalue weighted by molar-refractivity contribution is 5.75. The number of esters is 1. The quantitative estimate of drug-likeness (QED) is 0.740. The number of hydrogen-bond acceptors (Lipinski definition) is 3. The molecule has 0 aliphatic heterocycles. The van der Waals surface area contributed by atoms with Crippen molar-refractivity contribution in [3.63, 3.8) is 0 Å². The Hall–Kier alpha value is -1.06. The van der Waals surface area contributed by atoms with Crippen LogP contribution in [0.2, 0.25) is 0 Å². The SMILES string of the molecule is CCOC(=O)[C@H]1C[C@@H](NC(C)=O)C[C@H]1CC. The predicted octanol–water partition coefficient (Wildman–Crippen LogP) is 1.49. The van der Waals surface area contributed by atoms with Gasteiger partial charge in [0.25, 0.3) is 0 Å². The highest BCUT2D eigenvalue weighted by Gasteiger charge is 2.38. The summed E-state index contributed by atoms with van der Waals surface area (Å²) in [6.45, 7) is 5.83. The zero-order valence-electron chi connectivity index (χ0n) is 10.3. The van der Waals surface area contributed by atoms with E-state index in [4.69, 9.17) is 4.74 Å². The van der Waals surface area contributed by atoms with Crippen LogP contribution in [0.1, 0.15) is 40.0 Å². The molecule has 4 nitrogen and oxygen atoms in total. The lowest BCUT2D eigenvalue weighted by molar-refractivity contribution is -0.149. The summed E-state index contributed by atoms with van der Waals surface area (Å²) in [6.07, 6.45) is 2.57. The van der Waals surface area contributed by atoms with Crippen molar-refractivity contribution in [1.29, 1.82) is 0 Å². The van der Waals surface area contributed by atoms with E-state index >= 15 is 0 Å². The van der Waals surface area contributed by atoms with Crippen molar-refractivity contribution < 1.29 is 14.3 Å². The van der Waals surface area contributed by atoms with Gasteiger partial charge in [-0.05, 0) is 25.7 Å². The molecule has 0 aromatic heterocycles. The molecule has 0 bridgehead atoms. The zero-order chi connectivity index (χ0) is 12.1. The molecule has 0 spiro atoms. The van der Waals surface area contributed by atoms with Crippen molar-refractivity contribution in [2.24, 2.45) is 11.8 Å². The molecule has 4 heteroatoms. The van der Waals surface area contributed by atoms with E-state index in [1.165, 1.54) is 6.92 Å². The summed E-state index contributed by atoms with van der Waals surface area (Å²) in [5.41, 5.74) is 0. The van der Waals surface area contributed by atoms with Gasteiger partial charge in [-0.25, -0.2) is 0 Å². The lowest BCUT2D eigenvalue weighted by Gasteiger charge is -2.15. The normalized spacial score (nSPS) is 28.8. The molecular formula is C12H21NO3. The number of nitrogens with one attached hydrogen (secondary N) is 1. The zero-order valence-corrected chi connectivity index (χ0v) is 10.3. The third-order valence-corrected chi connectivity index (χ3v) is 3.22. The van der Waals surface area contributed by atoms with Crippen LogP contribution in [0.5, 0.6) is 0 Å². The Labute approximate surface area is 96.7 Å². The maximum atomic E-state index is 11.7. The van der Waals surface area contributed by atoms with Crippen molar-refractivity contribution >= 4 is 11.9 Å². The molecule has 92 valence electrons. The lowest BCUT2D eigenvalue weighted by atomic mass is 9.94. The molecule has 1 N–H and O–H groups in total. The van der Waals surface area contributed by atoms with E-state index in [2.05, 4.69) is 12.2 Å². The van der Waals surface area contributed by atoms with Crippen LogP contribution in [-0.2, 0) is 14.3 Å². The number of hydrogen-bond donors (Lipinski definition) is 1. The summed E-state index contributed by atoms with van der Waals surface area (Å²) in [7, 11) is 0. The molecule has 1 saturated carbocycles. The molecule has 1 aliphatic carbocycles. The first-order valence-corrected chi connectivity index (χ1v) is 6.02. The van der Waals surface area contributed by atoms with Crippen LogP contribution in [0.15, 0.2) is 0 Å². The Morgan fingerprint density at radius 2 is 2.00 bits per heavy atom. The Balaban J connectivity index is 2.56.